The van der Waals surface area contributed by atoms with Crippen molar-refractivity contribution in [1.29, 1.82) is 0 Å². The van der Waals surface area contributed by atoms with Gasteiger partial charge in [0.25, 0.3) is 0 Å². The molecule has 2 unspecified atom stereocenters. The lowest BCUT2D eigenvalue weighted by Crippen LogP contribution is -2.27. The molecule has 0 bridgehead atoms. The topological polar surface area (TPSA) is 52.5 Å². The molecule has 3 nitrogen and oxygen atoms in total. The molecule has 0 saturated carbocycles. The van der Waals surface area contributed by atoms with Gasteiger partial charge in [-0.05, 0) is 24.5 Å². The Balaban J connectivity index is 3.34. The SMILES string of the molecule is CCCCCCCCCCCCOC(C[C@@H](C)O)[S+](C)[O-]. The summed E-state index contributed by atoms with van der Waals surface area (Å²) in [5.41, 5.74) is -0.316. The van der Waals surface area contributed by atoms with E-state index in [0.29, 0.717) is 13.0 Å². The maximum absolute atomic E-state index is 11.5. The van der Waals surface area contributed by atoms with Crippen LogP contribution in [0.5, 0.6) is 0 Å². The Labute approximate surface area is 135 Å². The Morgan fingerprint density at radius 2 is 1.43 bits per heavy atom. The molecule has 128 valence electrons. The Morgan fingerprint density at radius 3 is 1.86 bits per heavy atom. The summed E-state index contributed by atoms with van der Waals surface area (Å²) in [6.45, 7) is 4.62. The molecule has 4 heteroatoms. The highest BCUT2D eigenvalue weighted by molar-refractivity contribution is 7.91. The normalized spacial score (nSPS) is 15.9. The summed E-state index contributed by atoms with van der Waals surface area (Å²) in [4.78, 5) is 0. The molecular weight excluding hydrogens is 284 g/mol. The van der Waals surface area contributed by atoms with E-state index in [4.69, 9.17) is 4.74 Å². The van der Waals surface area contributed by atoms with Crippen molar-refractivity contribution in [2.75, 3.05) is 12.9 Å². The lowest BCUT2D eigenvalue weighted by molar-refractivity contribution is 0.0612. The quantitative estimate of drug-likeness (QED) is 0.359. The minimum absolute atomic E-state index is 0.316. The minimum atomic E-state index is -1.02. The molecule has 0 aromatic rings. The van der Waals surface area contributed by atoms with Crippen LogP contribution in [0, 0.1) is 0 Å². The van der Waals surface area contributed by atoms with Crippen molar-refractivity contribution >= 4 is 11.2 Å². The standard InChI is InChI=1S/C17H36O3S/c1-4-5-6-7-8-9-10-11-12-13-14-20-17(21(3)19)15-16(2)18/h16-18H,4-15H2,1-3H3/t16-,17?,21?/m1/s1. The molecule has 0 fully saturated rings. The lowest BCUT2D eigenvalue weighted by atomic mass is 10.1. The second-order valence-electron chi connectivity index (χ2n) is 6.07. The van der Waals surface area contributed by atoms with Gasteiger partial charge in [-0.3, -0.25) is 0 Å². The zero-order chi connectivity index (χ0) is 15.9. The van der Waals surface area contributed by atoms with Crippen LogP contribution in [-0.2, 0) is 15.9 Å². The summed E-state index contributed by atoms with van der Waals surface area (Å²) in [5.74, 6) is 0. The number of hydrogen-bond acceptors (Lipinski definition) is 3. The fourth-order valence-corrected chi connectivity index (χ4v) is 3.22. The smallest absolute Gasteiger partial charge is 0.217 e. The molecule has 0 amide bonds. The van der Waals surface area contributed by atoms with Crippen molar-refractivity contribution in [2.24, 2.45) is 0 Å². The predicted octanol–water partition coefficient (Wildman–Crippen LogP) is 4.40. The van der Waals surface area contributed by atoms with Gasteiger partial charge in [-0.2, -0.15) is 0 Å². The molecule has 0 aliphatic carbocycles. The fourth-order valence-electron chi connectivity index (χ4n) is 2.38. The van der Waals surface area contributed by atoms with E-state index < -0.39 is 17.3 Å². The molecule has 21 heavy (non-hydrogen) atoms. The molecule has 0 aliphatic rings. The van der Waals surface area contributed by atoms with Crippen molar-refractivity contribution in [3.63, 3.8) is 0 Å². The average molecular weight is 321 g/mol. The summed E-state index contributed by atoms with van der Waals surface area (Å²) in [6, 6.07) is 0. The minimum Gasteiger partial charge on any atom is -0.615 e. The van der Waals surface area contributed by atoms with E-state index in [0.717, 1.165) is 6.42 Å². The third-order valence-electron chi connectivity index (χ3n) is 3.71. The van der Waals surface area contributed by atoms with Crippen LogP contribution in [0.15, 0.2) is 0 Å². The number of rotatable bonds is 15. The molecule has 0 aromatic carbocycles. The molecule has 0 heterocycles. The van der Waals surface area contributed by atoms with Crippen LogP contribution >= 0.6 is 0 Å². The number of unbranched alkanes of at least 4 members (excludes halogenated alkanes) is 9. The zero-order valence-electron chi connectivity index (χ0n) is 14.3. The Kier molecular flexibility index (Phi) is 15.3. The van der Waals surface area contributed by atoms with E-state index in [-0.39, 0.29) is 5.44 Å². The average Bonchev–Trinajstić information content (AvgIpc) is 2.42. The van der Waals surface area contributed by atoms with Crippen LogP contribution in [0.4, 0.5) is 0 Å². The molecule has 3 atom stereocenters. The van der Waals surface area contributed by atoms with Gasteiger partial charge in [-0.15, -0.1) is 0 Å². The van der Waals surface area contributed by atoms with Gasteiger partial charge in [0.2, 0.25) is 5.44 Å². The van der Waals surface area contributed by atoms with Crippen molar-refractivity contribution in [3.05, 3.63) is 0 Å². The second-order valence-corrected chi connectivity index (χ2v) is 7.59. The Hall–Kier alpha value is 0.230. The van der Waals surface area contributed by atoms with Crippen molar-refractivity contribution in [2.45, 2.75) is 96.0 Å². The summed E-state index contributed by atoms with van der Waals surface area (Å²) >= 11 is -1.02. The van der Waals surface area contributed by atoms with E-state index >= 15 is 0 Å². The van der Waals surface area contributed by atoms with E-state index in [1.54, 1.807) is 13.2 Å². The summed E-state index contributed by atoms with van der Waals surface area (Å²) in [7, 11) is 0. The monoisotopic (exact) mass is 320 g/mol. The second kappa shape index (κ2) is 15.1. The van der Waals surface area contributed by atoms with Crippen molar-refractivity contribution in [3.8, 4) is 0 Å². The van der Waals surface area contributed by atoms with Crippen LogP contribution in [0.2, 0.25) is 0 Å². The number of aliphatic hydroxyl groups is 1. The van der Waals surface area contributed by atoms with E-state index in [2.05, 4.69) is 6.92 Å². The highest BCUT2D eigenvalue weighted by Gasteiger charge is 2.20. The molecule has 0 aromatic heterocycles. The van der Waals surface area contributed by atoms with Crippen molar-refractivity contribution in [1.82, 2.24) is 0 Å². The molecule has 0 saturated heterocycles. The van der Waals surface area contributed by atoms with Crippen molar-refractivity contribution < 1.29 is 14.4 Å². The van der Waals surface area contributed by atoms with Gasteiger partial charge in [0.05, 0.1) is 19.0 Å². The number of hydrogen-bond donors (Lipinski definition) is 1. The highest BCUT2D eigenvalue weighted by Crippen LogP contribution is 2.13. The Bertz CT molecular complexity index is 210. The highest BCUT2D eigenvalue weighted by atomic mass is 32.2. The van der Waals surface area contributed by atoms with Gasteiger partial charge in [0, 0.05) is 6.42 Å². The summed E-state index contributed by atoms with van der Waals surface area (Å²) in [5, 5.41) is 9.33. The summed E-state index contributed by atoms with van der Waals surface area (Å²) < 4.78 is 17.1. The first-order chi connectivity index (χ1) is 10.1. The van der Waals surface area contributed by atoms with Crippen LogP contribution < -0.4 is 0 Å². The van der Waals surface area contributed by atoms with Gasteiger partial charge < -0.3 is 14.4 Å². The van der Waals surface area contributed by atoms with Crippen LogP contribution in [0.3, 0.4) is 0 Å². The van der Waals surface area contributed by atoms with Gasteiger partial charge >= 0.3 is 0 Å². The first-order valence-corrected chi connectivity index (χ1v) is 10.3. The van der Waals surface area contributed by atoms with E-state index in [1.807, 2.05) is 0 Å². The van der Waals surface area contributed by atoms with Gasteiger partial charge in [0.1, 0.15) is 0 Å². The molecule has 0 aliphatic heterocycles. The van der Waals surface area contributed by atoms with E-state index in [9.17, 15) is 9.66 Å². The van der Waals surface area contributed by atoms with Gasteiger partial charge in [-0.25, -0.2) is 0 Å². The Morgan fingerprint density at radius 1 is 0.952 bits per heavy atom. The van der Waals surface area contributed by atoms with Crippen LogP contribution in [-0.4, -0.2) is 34.1 Å². The molecule has 0 radical (unpaired) electrons. The third kappa shape index (κ3) is 14.9. The van der Waals surface area contributed by atoms with Gasteiger partial charge in [-0.1, -0.05) is 64.7 Å². The molecule has 1 N–H and O–H groups in total. The first kappa shape index (κ1) is 21.2. The largest absolute Gasteiger partial charge is 0.615 e. The summed E-state index contributed by atoms with van der Waals surface area (Å²) in [6.07, 6.45) is 14.7. The number of ether oxygens (including phenoxy) is 1. The number of aliphatic hydroxyl groups excluding tert-OH is 1. The van der Waals surface area contributed by atoms with Crippen LogP contribution in [0.1, 0.15) is 84.5 Å². The van der Waals surface area contributed by atoms with Gasteiger partial charge in [0.15, 0.2) is 0 Å². The molecule has 0 spiro atoms. The molecular formula is C17H36O3S. The lowest BCUT2D eigenvalue weighted by Gasteiger charge is -2.20. The van der Waals surface area contributed by atoms with Crippen LogP contribution in [0.25, 0.3) is 0 Å². The van der Waals surface area contributed by atoms with E-state index in [1.165, 1.54) is 57.8 Å². The zero-order valence-corrected chi connectivity index (χ0v) is 15.1. The third-order valence-corrected chi connectivity index (χ3v) is 4.77. The first-order valence-electron chi connectivity index (χ1n) is 8.69. The predicted molar refractivity (Wildman–Crippen MR) is 91.9 cm³/mol. The molecule has 0 rings (SSSR count). The maximum atomic E-state index is 11.5. The maximum Gasteiger partial charge on any atom is 0.217 e. The fraction of sp³-hybridized carbons (Fsp3) is 1.00.